The van der Waals surface area contributed by atoms with E-state index in [4.69, 9.17) is 0 Å². The Bertz CT molecular complexity index is 1300. The lowest BCUT2D eigenvalue weighted by Crippen LogP contribution is -2.13. The molecule has 1 aromatic heterocycles. The highest BCUT2D eigenvalue weighted by Gasteiger charge is 2.15. The van der Waals surface area contributed by atoms with Crippen LogP contribution in [0.25, 0.3) is 10.8 Å². The summed E-state index contributed by atoms with van der Waals surface area (Å²) in [5.41, 5.74) is 2.35. The fraction of sp³-hybridized carbons (Fsp3) is 0.120. The number of benzene rings is 3. The zero-order valence-corrected chi connectivity index (χ0v) is 17.7. The fourth-order valence-corrected chi connectivity index (χ4v) is 4.48. The van der Waals surface area contributed by atoms with E-state index in [0.717, 1.165) is 21.9 Å². The fourth-order valence-electron chi connectivity index (χ4n) is 3.39. The molecular weight excluding hydrogens is 408 g/mol. The lowest BCUT2D eigenvalue weighted by atomic mass is 10.0. The van der Waals surface area contributed by atoms with Crippen LogP contribution >= 0.6 is 0 Å². The van der Waals surface area contributed by atoms with E-state index in [1.807, 2.05) is 36.4 Å². The standard InChI is InChI=1S/C25H22N2O3S/c28-24(13-9-20-4-3-15-26-18-20)16-19-7-11-23(12-8-19)27-31(29,30)25-14-10-21-5-1-2-6-22(21)17-25/h1-8,10-12,14-15,17-18,27H,9,13,16H2. The van der Waals surface area contributed by atoms with E-state index in [2.05, 4.69) is 9.71 Å². The summed E-state index contributed by atoms with van der Waals surface area (Å²) in [4.78, 5) is 16.5. The Labute approximate surface area is 181 Å². The van der Waals surface area contributed by atoms with Crippen molar-refractivity contribution in [1.29, 1.82) is 0 Å². The van der Waals surface area contributed by atoms with Crippen molar-refractivity contribution < 1.29 is 13.2 Å². The van der Waals surface area contributed by atoms with Gasteiger partial charge in [0, 0.05) is 30.9 Å². The number of hydrogen-bond acceptors (Lipinski definition) is 4. The average molecular weight is 431 g/mol. The van der Waals surface area contributed by atoms with E-state index < -0.39 is 10.0 Å². The third kappa shape index (κ3) is 5.35. The number of nitrogens with one attached hydrogen (secondary N) is 1. The number of ketones is 1. The molecule has 0 saturated carbocycles. The molecule has 0 atom stereocenters. The summed E-state index contributed by atoms with van der Waals surface area (Å²) in [7, 11) is -3.70. The van der Waals surface area contributed by atoms with Gasteiger partial charge < -0.3 is 0 Å². The summed E-state index contributed by atoms with van der Waals surface area (Å²) in [5, 5.41) is 1.85. The molecule has 5 nitrogen and oxygen atoms in total. The van der Waals surface area contributed by atoms with Crippen LogP contribution in [0.2, 0.25) is 0 Å². The molecule has 6 heteroatoms. The minimum atomic E-state index is -3.70. The molecule has 0 saturated heterocycles. The quantitative estimate of drug-likeness (QED) is 0.436. The van der Waals surface area contributed by atoms with Gasteiger partial charge in [-0.2, -0.15) is 0 Å². The van der Waals surface area contributed by atoms with Crippen LogP contribution in [0.3, 0.4) is 0 Å². The summed E-state index contributed by atoms with van der Waals surface area (Å²) in [6, 6.07) is 23.4. The van der Waals surface area contributed by atoms with Crippen molar-refractivity contribution in [1.82, 2.24) is 4.98 Å². The van der Waals surface area contributed by atoms with Gasteiger partial charge in [-0.3, -0.25) is 14.5 Å². The molecular formula is C25H22N2O3S. The van der Waals surface area contributed by atoms with Gasteiger partial charge in [0.05, 0.1) is 4.90 Å². The number of aryl methyl sites for hydroxylation is 1. The number of aromatic nitrogens is 1. The third-order valence-electron chi connectivity index (χ3n) is 5.05. The summed E-state index contributed by atoms with van der Waals surface area (Å²) in [5.74, 6) is 0.133. The summed E-state index contributed by atoms with van der Waals surface area (Å²) >= 11 is 0. The second kappa shape index (κ2) is 9.10. The molecule has 0 bridgehead atoms. The number of pyridine rings is 1. The molecule has 0 fully saturated rings. The Morgan fingerprint density at radius 3 is 2.35 bits per heavy atom. The minimum Gasteiger partial charge on any atom is -0.299 e. The molecule has 4 rings (SSSR count). The maximum absolute atomic E-state index is 12.8. The Morgan fingerprint density at radius 2 is 1.61 bits per heavy atom. The molecule has 156 valence electrons. The summed E-state index contributed by atoms with van der Waals surface area (Å²) in [6.07, 6.45) is 4.90. The van der Waals surface area contributed by atoms with Gasteiger partial charge in [-0.15, -0.1) is 0 Å². The zero-order valence-electron chi connectivity index (χ0n) is 16.9. The second-order valence-electron chi connectivity index (χ2n) is 7.39. The van der Waals surface area contributed by atoms with Crippen LogP contribution in [0, 0.1) is 0 Å². The first-order valence-electron chi connectivity index (χ1n) is 10.0. The highest BCUT2D eigenvalue weighted by Crippen LogP contribution is 2.22. The van der Waals surface area contributed by atoms with Gasteiger partial charge in [0.15, 0.2) is 0 Å². The zero-order chi connectivity index (χ0) is 21.7. The molecule has 0 amide bonds. The van der Waals surface area contributed by atoms with Crippen molar-refractivity contribution >= 4 is 32.3 Å². The number of hydrogen-bond donors (Lipinski definition) is 1. The lowest BCUT2D eigenvalue weighted by molar-refractivity contribution is -0.118. The predicted octanol–water partition coefficient (Wildman–Crippen LogP) is 4.78. The molecule has 31 heavy (non-hydrogen) atoms. The van der Waals surface area contributed by atoms with Crippen LogP contribution in [-0.2, 0) is 27.7 Å². The third-order valence-corrected chi connectivity index (χ3v) is 6.43. The maximum Gasteiger partial charge on any atom is 0.261 e. The monoisotopic (exact) mass is 430 g/mol. The Balaban J connectivity index is 1.38. The lowest BCUT2D eigenvalue weighted by Gasteiger charge is -2.10. The van der Waals surface area contributed by atoms with Crippen molar-refractivity contribution in [3.05, 3.63) is 102 Å². The maximum atomic E-state index is 12.8. The van der Waals surface area contributed by atoms with E-state index in [-0.39, 0.29) is 10.7 Å². The molecule has 1 N–H and O–H groups in total. The molecule has 3 aromatic carbocycles. The summed E-state index contributed by atoms with van der Waals surface area (Å²) < 4.78 is 28.1. The first-order valence-corrected chi connectivity index (χ1v) is 11.5. The minimum absolute atomic E-state index is 0.133. The molecule has 0 unspecified atom stereocenters. The van der Waals surface area contributed by atoms with E-state index in [0.29, 0.717) is 24.9 Å². The van der Waals surface area contributed by atoms with Gasteiger partial charge in [0.2, 0.25) is 0 Å². The van der Waals surface area contributed by atoms with Crippen molar-refractivity contribution in [3.8, 4) is 0 Å². The first-order chi connectivity index (χ1) is 15.0. The number of fused-ring (bicyclic) bond motifs is 1. The van der Waals surface area contributed by atoms with E-state index >= 15 is 0 Å². The molecule has 4 aromatic rings. The number of carbonyl (C=O) groups excluding carboxylic acids is 1. The van der Waals surface area contributed by atoms with Crippen LogP contribution in [0.15, 0.2) is 96.2 Å². The number of Topliss-reactive ketones (excluding diaryl/α,β-unsaturated/α-hetero) is 1. The van der Waals surface area contributed by atoms with Gasteiger partial charge in [-0.1, -0.05) is 48.5 Å². The molecule has 0 radical (unpaired) electrons. The smallest absolute Gasteiger partial charge is 0.261 e. The molecule has 0 aliphatic heterocycles. The number of sulfonamides is 1. The largest absolute Gasteiger partial charge is 0.299 e. The first kappa shape index (κ1) is 20.8. The van der Waals surface area contributed by atoms with Crippen molar-refractivity contribution in [2.75, 3.05) is 4.72 Å². The number of rotatable bonds is 8. The molecule has 0 aliphatic carbocycles. The van der Waals surface area contributed by atoms with E-state index in [9.17, 15) is 13.2 Å². The topological polar surface area (TPSA) is 76.1 Å². The van der Waals surface area contributed by atoms with Crippen LogP contribution in [0.4, 0.5) is 5.69 Å². The second-order valence-corrected chi connectivity index (χ2v) is 9.07. The SMILES string of the molecule is O=C(CCc1cccnc1)Cc1ccc(NS(=O)(=O)c2ccc3ccccc3c2)cc1. The summed E-state index contributed by atoms with van der Waals surface area (Å²) in [6.45, 7) is 0. The van der Waals surface area contributed by atoms with Crippen molar-refractivity contribution in [2.45, 2.75) is 24.2 Å². The van der Waals surface area contributed by atoms with Crippen LogP contribution in [0.1, 0.15) is 17.5 Å². The van der Waals surface area contributed by atoms with Gasteiger partial charge in [-0.25, -0.2) is 8.42 Å². The number of carbonyl (C=O) groups is 1. The molecule has 0 aliphatic rings. The van der Waals surface area contributed by atoms with Gasteiger partial charge in [0.1, 0.15) is 5.78 Å². The molecule has 0 spiro atoms. The highest BCUT2D eigenvalue weighted by atomic mass is 32.2. The highest BCUT2D eigenvalue weighted by molar-refractivity contribution is 7.92. The Hall–Kier alpha value is -3.51. The molecule has 1 heterocycles. The van der Waals surface area contributed by atoms with Gasteiger partial charge in [0.25, 0.3) is 10.0 Å². The average Bonchev–Trinajstić information content (AvgIpc) is 2.79. The van der Waals surface area contributed by atoms with Crippen LogP contribution in [0.5, 0.6) is 0 Å². The normalized spacial score (nSPS) is 11.4. The van der Waals surface area contributed by atoms with Crippen LogP contribution < -0.4 is 4.72 Å². The Morgan fingerprint density at radius 1 is 0.839 bits per heavy atom. The van der Waals surface area contributed by atoms with E-state index in [1.54, 1.807) is 54.9 Å². The Kier molecular flexibility index (Phi) is 6.09. The van der Waals surface area contributed by atoms with Crippen molar-refractivity contribution in [2.24, 2.45) is 0 Å². The van der Waals surface area contributed by atoms with Crippen LogP contribution in [-0.4, -0.2) is 19.2 Å². The predicted molar refractivity (Wildman–Crippen MR) is 122 cm³/mol. The van der Waals surface area contributed by atoms with Gasteiger partial charge in [-0.05, 0) is 58.7 Å². The van der Waals surface area contributed by atoms with Crippen molar-refractivity contribution in [3.63, 3.8) is 0 Å². The van der Waals surface area contributed by atoms with E-state index in [1.165, 1.54) is 0 Å². The number of nitrogens with zero attached hydrogens (tertiary/aromatic N) is 1. The van der Waals surface area contributed by atoms with Gasteiger partial charge >= 0.3 is 0 Å². The number of anilines is 1.